The molecule has 0 aliphatic carbocycles. The van der Waals surface area contributed by atoms with Crippen LogP contribution in [0.5, 0.6) is 0 Å². The number of aromatic nitrogens is 1. The fraction of sp³-hybridized carbons (Fsp3) is 0.500. The fourth-order valence-corrected chi connectivity index (χ4v) is 4.19. The lowest BCUT2D eigenvalue weighted by atomic mass is 10.1. The number of benzene rings is 1. The van der Waals surface area contributed by atoms with Gasteiger partial charge in [0.15, 0.2) is 0 Å². The number of hydrogen-bond donors (Lipinski definition) is 1. The van der Waals surface area contributed by atoms with Gasteiger partial charge in [-0.2, -0.15) is 0 Å². The third-order valence-electron chi connectivity index (χ3n) is 5.70. The highest BCUT2D eigenvalue weighted by Gasteiger charge is 2.23. The van der Waals surface area contributed by atoms with Crippen molar-refractivity contribution in [3.63, 3.8) is 0 Å². The first-order valence-electron chi connectivity index (χ1n) is 11.1. The molecule has 0 spiro atoms. The second-order valence-corrected chi connectivity index (χ2v) is 8.46. The van der Waals surface area contributed by atoms with Crippen LogP contribution >= 0.6 is 0 Å². The van der Waals surface area contributed by atoms with E-state index in [-0.39, 0.29) is 18.1 Å². The van der Waals surface area contributed by atoms with Gasteiger partial charge in [-0.15, -0.1) is 0 Å². The average molecular weight is 425 g/mol. The number of hydrogen-bond acceptors (Lipinski definition) is 6. The molecular formula is C24H32N4O3. The van der Waals surface area contributed by atoms with E-state index in [1.54, 1.807) is 0 Å². The van der Waals surface area contributed by atoms with E-state index in [0.29, 0.717) is 12.1 Å². The molecule has 2 aromatic rings. The van der Waals surface area contributed by atoms with Crippen molar-refractivity contribution < 1.29 is 14.3 Å². The van der Waals surface area contributed by atoms with Gasteiger partial charge < -0.3 is 19.7 Å². The van der Waals surface area contributed by atoms with Crippen LogP contribution in [0.3, 0.4) is 0 Å². The summed E-state index contributed by atoms with van der Waals surface area (Å²) in [4.78, 5) is 21.9. The van der Waals surface area contributed by atoms with E-state index in [0.717, 1.165) is 62.9 Å². The van der Waals surface area contributed by atoms with Crippen molar-refractivity contribution in [2.45, 2.75) is 39.1 Å². The summed E-state index contributed by atoms with van der Waals surface area (Å²) < 4.78 is 11.2. The van der Waals surface area contributed by atoms with Gasteiger partial charge in [0.1, 0.15) is 5.82 Å². The van der Waals surface area contributed by atoms with Crippen molar-refractivity contribution in [3.8, 4) is 0 Å². The molecule has 1 aromatic carbocycles. The molecular weight excluding hydrogens is 392 g/mol. The molecule has 1 amide bonds. The molecule has 1 aromatic heterocycles. The molecule has 3 heterocycles. The van der Waals surface area contributed by atoms with Gasteiger partial charge in [0, 0.05) is 51.0 Å². The van der Waals surface area contributed by atoms with E-state index in [9.17, 15) is 4.79 Å². The van der Waals surface area contributed by atoms with Gasteiger partial charge in [-0.05, 0) is 43.2 Å². The first-order valence-corrected chi connectivity index (χ1v) is 11.1. The minimum Gasteiger partial charge on any atom is -0.379 e. The molecule has 4 rings (SSSR count). The van der Waals surface area contributed by atoms with Crippen molar-refractivity contribution in [2.75, 3.05) is 44.3 Å². The van der Waals surface area contributed by atoms with Gasteiger partial charge in [0.25, 0.3) is 5.91 Å². The number of rotatable bonds is 6. The highest BCUT2D eigenvalue weighted by atomic mass is 16.5. The standard InChI is InChI=1S/C24H32N4O3/c1-18-15-28(16-19(2)31-18)23-7-6-21(13-25-23)14-26-24(29)22-5-3-4-20(12-22)17-27-8-10-30-11-9-27/h3-7,12-13,18-19H,8-11,14-17H2,1-2H3,(H,26,29). The zero-order chi connectivity index (χ0) is 21.6. The Balaban J connectivity index is 1.31. The number of carbonyl (C=O) groups is 1. The Morgan fingerprint density at radius 2 is 1.87 bits per heavy atom. The predicted molar refractivity (Wildman–Crippen MR) is 120 cm³/mol. The maximum absolute atomic E-state index is 12.7. The van der Waals surface area contributed by atoms with Crippen LogP contribution in [-0.4, -0.2) is 67.4 Å². The second kappa shape index (κ2) is 10.2. The third-order valence-corrected chi connectivity index (χ3v) is 5.70. The van der Waals surface area contributed by atoms with Crippen LogP contribution in [0, 0.1) is 0 Å². The Kier molecular flexibility index (Phi) is 7.17. The molecule has 0 radical (unpaired) electrons. The molecule has 2 atom stereocenters. The summed E-state index contributed by atoms with van der Waals surface area (Å²) >= 11 is 0. The smallest absolute Gasteiger partial charge is 0.251 e. The molecule has 2 aliphatic rings. The molecule has 31 heavy (non-hydrogen) atoms. The Hall–Kier alpha value is -2.48. The largest absolute Gasteiger partial charge is 0.379 e. The van der Waals surface area contributed by atoms with Gasteiger partial charge in [-0.1, -0.05) is 18.2 Å². The van der Waals surface area contributed by atoms with E-state index >= 15 is 0 Å². The monoisotopic (exact) mass is 424 g/mol. The minimum absolute atomic E-state index is 0.0660. The van der Waals surface area contributed by atoms with E-state index in [1.165, 1.54) is 0 Å². The number of nitrogens with one attached hydrogen (secondary N) is 1. The normalized spacial score (nSPS) is 22.3. The minimum atomic E-state index is -0.0660. The maximum atomic E-state index is 12.7. The zero-order valence-electron chi connectivity index (χ0n) is 18.4. The highest BCUT2D eigenvalue weighted by Crippen LogP contribution is 2.18. The summed E-state index contributed by atoms with van der Waals surface area (Å²) in [6.07, 6.45) is 2.24. The van der Waals surface area contributed by atoms with Crippen LogP contribution in [0.1, 0.15) is 35.3 Å². The topological polar surface area (TPSA) is 66.9 Å². The van der Waals surface area contributed by atoms with Crippen LogP contribution in [0.2, 0.25) is 0 Å². The van der Waals surface area contributed by atoms with Crippen molar-refractivity contribution in [2.24, 2.45) is 0 Å². The Bertz CT molecular complexity index is 857. The van der Waals surface area contributed by atoms with E-state index in [4.69, 9.17) is 9.47 Å². The maximum Gasteiger partial charge on any atom is 0.251 e. The van der Waals surface area contributed by atoms with Crippen LogP contribution in [-0.2, 0) is 22.6 Å². The van der Waals surface area contributed by atoms with Crippen LogP contribution < -0.4 is 10.2 Å². The number of pyridine rings is 1. The summed E-state index contributed by atoms with van der Waals surface area (Å²) in [6.45, 7) is 10.6. The number of morpholine rings is 2. The predicted octanol–water partition coefficient (Wildman–Crippen LogP) is 2.46. The fourth-order valence-electron chi connectivity index (χ4n) is 4.19. The van der Waals surface area contributed by atoms with Crippen molar-refractivity contribution in [1.29, 1.82) is 0 Å². The molecule has 7 nitrogen and oxygen atoms in total. The lowest BCUT2D eigenvalue weighted by Gasteiger charge is -2.36. The summed E-state index contributed by atoms with van der Waals surface area (Å²) in [6, 6.07) is 11.9. The lowest BCUT2D eigenvalue weighted by Crippen LogP contribution is -2.45. The highest BCUT2D eigenvalue weighted by molar-refractivity contribution is 5.94. The van der Waals surface area contributed by atoms with Crippen LogP contribution in [0.15, 0.2) is 42.6 Å². The molecule has 2 saturated heterocycles. The average Bonchev–Trinajstić information content (AvgIpc) is 2.78. The molecule has 2 aliphatic heterocycles. The second-order valence-electron chi connectivity index (χ2n) is 8.46. The van der Waals surface area contributed by atoms with Gasteiger partial charge in [0.05, 0.1) is 25.4 Å². The molecule has 0 bridgehead atoms. The SMILES string of the molecule is CC1CN(c2ccc(CNC(=O)c3cccc(CN4CCOCC4)c3)cn2)CC(C)O1. The van der Waals surface area contributed by atoms with Crippen LogP contribution in [0.25, 0.3) is 0 Å². The van der Waals surface area contributed by atoms with Gasteiger partial charge >= 0.3 is 0 Å². The number of carbonyl (C=O) groups excluding carboxylic acids is 1. The molecule has 1 N–H and O–H groups in total. The summed E-state index contributed by atoms with van der Waals surface area (Å²) in [5.41, 5.74) is 2.82. The summed E-state index contributed by atoms with van der Waals surface area (Å²) in [5, 5.41) is 3.01. The van der Waals surface area contributed by atoms with Crippen LogP contribution in [0.4, 0.5) is 5.82 Å². The summed E-state index contributed by atoms with van der Waals surface area (Å²) in [7, 11) is 0. The van der Waals surface area contributed by atoms with Gasteiger partial charge in [-0.25, -0.2) is 4.98 Å². The van der Waals surface area contributed by atoms with Crippen molar-refractivity contribution >= 4 is 11.7 Å². The molecule has 166 valence electrons. The molecule has 2 fully saturated rings. The van der Waals surface area contributed by atoms with Crippen molar-refractivity contribution in [3.05, 3.63) is 59.3 Å². The number of nitrogens with zero attached hydrogens (tertiary/aromatic N) is 3. The Morgan fingerprint density at radius 3 is 2.58 bits per heavy atom. The van der Waals surface area contributed by atoms with E-state index in [1.807, 2.05) is 36.5 Å². The summed E-state index contributed by atoms with van der Waals surface area (Å²) in [5.74, 6) is 0.886. The first kappa shape index (κ1) is 21.7. The molecule has 0 saturated carbocycles. The Morgan fingerprint density at radius 1 is 1.10 bits per heavy atom. The van der Waals surface area contributed by atoms with E-state index < -0.39 is 0 Å². The van der Waals surface area contributed by atoms with E-state index in [2.05, 4.69) is 40.0 Å². The zero-order valence-corrected chi connectivity index (χ0v) is 18.4. The van der Waals surface area contributed by atoms with Gasteiger partial charge in [-0.3, -0.25) is 9.69 Å². The van der Waals surface area contributed by atoms with Crippen molar-refractivity contribution in [1.82, 2.24) is 15.2 Å². The number of amides is 1. The molecule has 7 heteroatoms. The Labute approximate surface area is 184 Å². The molecule has 2 unspecified atom stereocenters. The first-order chi connectivity index (χ1) is 15.1. The lowest BCUT2D eigenvalue weighted by molar-refractivity contribution is -0.00546. The number of anilines is 1. The number of ether oxygens (including phenoxy) is 2. The van der Waals surface area contributed by atoms with Gasteiger partial charge in [0.2, 0.25) is 0 Å². The quantitative estimate of drug-likeness (QED) is 0.769. The third kappa shape index (κ3) is 6.03.